The number of hydrazine groups is 1. The van der Waals surface area contributed by atoms with Crippen molar-refractivity contribution in [3.8, 4) is 0 Å². The molecular formula is C8H14N2O3. The molecule has 74 valence electrons. The lowest BCUT2D eigenvalue weighted by atomic mass is 10.3. The number of ether oxygens (including phenoxy) is 1. The summed E-state index contributed by atoms with van der Waals surface area (Å²) in [6.07, 6.45) is 1.69. The van der Waals surface area contributed by atoms with E-state index in [2.05, 4.69) is 0 Å². The summed E-state index contributed by atoms with van der Waals surface area (Å²) in [4.78, 5) is 10.7. The van der Waals surface area contributed by atoms with Crippen LogP contribution in [0.4, 0.5) is 0 Å². The second kappa shape index (κ2) is 3.76. The summed E-state index contributed by atoms with van der Waals surface area (Å²) in [7, 11) is 5.15. The Balaban J connectivity index is 2.75. The Morgan fingerprint density at radius 2 is 2.31 bits per heavy atom. The van der Waals surface area contributed by atoms with E-state index in [1.807, 2.05) is 12.1 Å². The van der Waals surface area contributed by atoms with Crippen molar-refractivity contribution in [2.75, 3.05) is 27.8 Å². The van der Waals surface area contributed by atoms with Crippen LogP contribution < -0.4 is 0 Å². The first-order chi connectivity index (χ1) is 6.07. The molecule has 1 N–H and O–H groups in total. The molecule has 1 atom stereocenters. The number of hydrogen-bond donors (Lipinski definition) is 1. The van der Waals surface area contributed by atoms with E-state index in [1.165, 1.54) is 0 Å². The molecule has 1 rings (SSSR count). The SMILES string of the molecule is COCC1C=C(C(=O)O)N(C)N1C. The van der Waals surface area contributed by atoms with Crippen LogP contribution in [0.3, 0.4) is 0 Å². The number of likely N-dealkylation sites (N-methyl/N-ethyl adjacent to an activating group) is 2. The van der Waals surface area contributed by atoms with Crippen molar-refractivity contribution in [2.45, 2.75) is 6.04 Å². The van der Waals surface area contributed by atoms with Crippen molar-refractivity contribution >= 4 is 5.97 Å². The highest BCUT2D eigenvalue weighted by Gasteiger charge is 2.29. The van der Waals surface area contributed by atoms with E-state index < -0.39 is 5.97 Å². The number of rotatable bonds is 3. The van der Waals surface area contributed by atoms with Crippen LogP contribution in [0.2, 0.25) is 0 Å². The van der Waals surface area contributed by atoms with E-state index in [9.17, 15) is 4.79 Å². The van der Waals surface area contributed by atoms with Gasteiger partial charge in [0.25, 0.3) is 0 Å². The van der Waals surface area contributed by atoms with Crippen LogP contribution in [-0.2, 0) is 9.53 Å². The molecule has 0 aromatic carbocycles. The van der Waals surface area contributed by atoms with Crippen LogP contribution in [0.15, 0.2) is 11.8 Å². The van der Waals surface area contributed by atoms with Gasteiger partial charge in [-0.15, -0.1) is 0 Å². The molecule has 5 heteroatoms. The van der Waals surface area contributed by atoms with Crippen LogP contribution in [0.1, 0.15) is 0 Å². The smallest absolute Gasteiger partial charge is 0.353 e. The summed E-state index contributed by atoms with van der Waals surface area (Å²) in [6, 6.07) is 0.0149. The predicted molar refractivity (Wildman–Crippen MR) is 46.9 cm³/mol. The Labute approximate surface area is 77.2 Å². The van der Waals surface area contributed by atoms with Crippen molar-refractivity contribution in [1.82, 2.24) is 10.0 Å². The Bertz CT molecular complexity index is 240. The zero-order valence-electron chi connectivity index (χ0n) is 8.02. The summed E-state index contributed by atoms with van der Waals surface area (Å²) in [5.41, 5.74) is 0.296. The number of methoxy groups -OCH3 is 1. The summed E-state index contributed by atoms with van der Waals surface area (Å²) in [5.74, 6) is -0.909. The molecular weight excluding hydrogens is 172 g/mol. The van der Waals surface area contributed by atoms with Crippen molar-refractivity contribution in [3.63, 3.8) is 0 Å². The number of carbonyl (C=O) groups is 1. The quantitative estimate of drug-likeness (QED) is 0.659. The van der Waals surface area contributed by atoms with Gasteiger partial charge in [-0.2, -0.15) is 0 Å². The van der Waals surface area contributed by atoms with Crippen molar-refractivity contribution in [2.24, 2.45) is 0 Å². The van der Waals surface area contributed by atoms with Gasteiger partial charge in [-0.3, -0.25) is 0 Å². The Kier molecular flexibility index (Phi) is 2.90. The van der Waals surface area contributed by atoms with Crippen LogP contribution in [-0.4, -0.2) is 54.9 Å². The summed E-state index contributed by atoms with van der Waals surface area (Å²) < 4.78 is 4.97. The van der Waals surface area contributed by atoms with Crippen LogP contribution in [0, 0.1) is 0 Å². The van der Waals surface area contributed by atoms with Gasteiger partial charge in [-0.05, 0) is 6.08 Å². The van der Waals surface area contributed by atoms with Gasteiger partial charge >= 0.3 is 5.97 Å². The molecule has 0 radical (unpaired) electrons. The topological polar surface area (TPSA) is 53.0 Å². The lowest BCUT2D eigenvalue weighted by molar-refractivity contribution is -0.135. The van der Waals surface area contributed by atoms with E-state index in [-0.39, 0.29) is 6.04 Å². The van der Waals surface area contributed by atoms with Crippen molar-refractivity contribution in [3.05, 3.63) is 11.8 Å². The van der Waals surface area contributed by atoms with Crippen LogP contribution in [0.5, 0.6) is 0 Å². The van der Waals surface area contributed by atoms with Gasteiger partial charge in [0.15, 0.2) is 0 Å². The third-order valence-electron chi connectivity index (χ3n) is 2.21. The molecule has 13 heavy (non-hydrogen) atoms. The standard InChI is InChI=1S/C8H14N2O3/c1-9-6(5-13-3)4-7(8(11)12)10(9)2/h4,6H,5H2,1-3H3,(H,11,12). The number of carboxylic acids is 1. The minimum atomic E-state index is -0.909. The fourth-order valence-electron chi connectivity index (χ4n) is 1.33. The molecule has 1 aliphatic rings. The Morgan fingerprint density at radius 1 is 1.69 bits per heavy atom. The van der Waals surface area contributed by atoms with Crippen molar-refractivity contribution < 1.29 is 14.6 Å². The predicted octanol–water partition coefficient (Wildman–Crippen LogP) is -0.238. The average Bonchev–Trinajstić information content (AvgIpc) is 2.33. The first kappa shape index (κ1) is 10.0. The lowest BCUT2D eigenvalue weighted by Gasteiger charge is -2.27. The number of aliphatic carboxylic acids is 1. The maximum absolute atomic E-state index is 10.7. The van der Waals surface area contributed by atoms with Gasteiger partial charge in [-0.25, -0.2) is 9.80 Å². The number of carboxylic acid groups (broad SMARTS) is 1. The Hall–Kier alpha value is -1.07. The highest BCUT2D eigenvalue weighted by atomic mass is 16.5. The molecule has 0 aliphatic carbocycles. The summed E-state index contributed by atoms with van der Waals surface area (Å²) in [6.45, 7) is 0.498. The van der Waals surface area contributed by atoms with Crippen LogP contribution in [0.25, 0.3) is 0 Å². The number of nitrogens with zero attached hydrogens (tertiary/aromatic N) is 2. The summed E-state index contributed by atoms with van der Waals surface area (Å²) >= 11 is 0. The van der Waals surface area contributed by atoms with E-state index in [0.29, 0.717) is 12.3 Å². The second-order valence-electron chi connectivity index (χ2n) is 2.98. The van der Waals surface area contributed by atoms with E-state index >= 15 is 0 Å². The summed E-state index contributed by atoms with van der Waals surface area (Å²) in [5, 5.41) is 12.2. The third kappa shape index (κ3) is 1.81. The van der Waals surface area contributed by atoms with Crippen LogP contribution >= 0.6 is 0 Å². The monoisotopic (exact) mass is 186 g/mol. The molecule has 1 heterocycles. The number of hydrogen-bond acceptors (Lipinski definition) is 4. The molecule has 1 aliphatic heterocycles. The lowest BCUT2D eigenvalue weighted by Crippen LogP contribution is -2.39. The molecule has 0 amide bonds. The fraction of sp³-hybridized carbons (Fsp3) is 0.625. The zero-order valence-corrected chi connectivity index (χ0v) is 8.02. The molecule has 5 nitrogen and oxygen atoms in total. The van der Waals surface area contributed by atoms with Crippen molar-refractivity contribution in [1.29, 1.82) is 0 Å². The molecule has 0 spiro atoms. The Morgan fingerprint density at radius 3 is 2.69 bits per heavy atom. The molecule has 0 saturated heterocycles. The van der Waals surface area contributed by atoms with Gasteiger partial charge in [-0.1, -0.05) is 0 Å². The zero-order chi connectivity index (χ0) is 10.0. The maximum Gasteiger partial charge on any atom is 0.353 e. The van der Waals surface area contributed by atoms with Gasteiger partial charge in [0.1, 0.15) is 5.70 Å². The fourth-order valence-corrected chi connectivity index (χ4v) is 1.33. The third-order valence-corrected chi connectivity index (χ3v) is 2.21. The average molecular weight is 186 g/mol. The van der Waals surface area contributed by atoms with Gasteiger partial charge < -0.3 is 14.9 Å². The highest BCUT2D eigenvalue weighted by Crippen LogP contribution is 2.18. The molecule has 0 saturated carbocycles. The molecule has 1 unspecified atom stereocenters. The van der Waals surface area contributed by atoms with E-state index in [0.717, 1.165) is 0 Å². The minimum absolute atomic E-state index is 0.0149. The van der Waals surface area contributed by atoms with Gasteiger partial charge in [0.2, 0.25) is 0 Å². The molecule has 0 aromatic heterocycles. The molecule has 0 aromatic rings. The second-order valence-corrected chi connectivity index (χ2v) is 2.98. The first-order valence-electron chi connectivity index (χ1n) is 3.98. The highest BCUT2D eigenvalue weighted by molar-refractivity contribution is 5.86. The largest absolute Gasteiger partial charge is 0.477 e. The van der Waals surface area contributed by atoms with Gasteiger partial charge in [0.05, 0.1) is 12.6 Å². The maximum atomic E-state index is 10.7. The van der Waals surface area contributed by atoms with Gasteiger partial charge in [0, 0.05) is 21.2 Å². The first-order valence-corrected chi connectivity index (χ1v) is 3.98. The molecule has 0 fully saturated rings. The normalized spacial score (nSPS) is 23.5. The minimum Gasteiger partial charge on any atom is -0.477 e. The van der Waals surface area contributed by atoms with E-state index in [4.69, 9.17) is 9.84 Å². The molecule has 0 bridgehead atoms. The van der Waals surface area contributed by atoms with E-state index in [1.54, 1.807) is 25.2 Å².